The molecule has 10 heteroatoms. The number of amides is 1. The Morgan fingerprint density at radius 3 is 2.46 bits per heavy atom. The smallest absolute Gasteiger partial charge is 0.407 e. The summed E-state index contributed by atoms with van der Waals surface area (Å²) < 4.78 is 51.8. The van der Waals surface area contributed by atoms with Gasteiger partial charge in [-0.1, -0.05) is 44.2 Å². The van der Waals surface area contributed by atoms with Crippen molar-refractivity contribution in [3.05, 3.63) is 66.0 Å². The van der Waals surface area contributed by atoms with Crippen LogP contribution in [0.4, 0.5) is 9.18 Å². The lowest BCUT2D eigenvalue weighted by atomic mass is 10.0. The second-order valence-electron chi connectivity index (χ2n) is 9.07. The van der Waals surface area contributed by atoms with Crippen LogP contribution in [0.15, 0.2) is 59.5 Å². The molecule has 192 valence electrons. The SMILES string of the molecule is CC(C)CN(C[C@H](O)C(Cc1ccccc1)NC(=O)O[C@H]1CCOC1)S(=O)(=O)c1ccc(F)cc1. The number of aliphatic hydroxyl groups is 1. The Labute approximate surface area is 206 Å². The topological polar surface area (TPSA) is 105 Å². The number of sulfonamides is 1. The van der Waals surface area contributed by atoms with Crippen molar-refractivity contribution in [3.63, 3.8) is 0 Å². The third kappa shape index (κ3) is 7.99. The predicted molar refractivity (Wildman–Crippen MR) is 129 cm³/mol. The molecular formula is C25H33FN2O6S. The van der Waals surface area contributed by atoms with Crippen molar-refractivity contribution in [2.45, 2.75) is 49.8 Å². The standard InChI is InChI=1S/C25H33FN2O6S/c1-18(2)15-28(35(31,32)22-10-8-20(26)9-11-22)16-24(29)23(14-19-6-4-3-5-7-19)27-25(30)34-21-12-13-33-17-21/h3-11,18,21,23-24,29H,12-17H2,1-2H3,(H,27,30)/t21-,23?,24-/m0/s1. The quantitative estimate of drug-likeness (QED) is 0.484. The molecule has 2 aromatic carbocycles. The van der Waals surface area contributed by atoms with Crippen molar-refractivity contribution in [2.75, 3.05) is 26.3 Å². The van der Waals surface area contributed by atoms with Gasteiger partial charge in [0.25, 0.3) is 0 Å². The van der Waals surface area contributed by atoms with Crippen LogP contribution in [-0.4, -0.2) is 68.5 Å². The molecule has 1 saturated heterocycles. The molecule has 1 aliphatic rings. The zero-order valence-corrected chi connectivity index (χ0v) is 20.8. The largest absolute Gasteiger partial charge is 0.444 e. The van der Waals surface area contributed by atoms with Gasteiger partial charge in [-0.2, -0.15) is 4.31 Å². The summed E-state index contributed by atoms with van der Waals surface area (Å²) in [6.45, 7) is 4.43. The summed E-state index contributed by atoms with van der Waals surface area (Å²) in [5.41, 5.74) is 0.859. The van der Waals surface area contributed by atoms with Gasteiger partial charge in [0.1, 0.15) is 11.9 Å². The summed E-state index contributed by atoms with van der Waals surface area (Å²) in [5.74, 6) is -0.581. The van der Waals surface area contributed by atoms with E-state index in [4.69, 9.17) is 9.47 Å². The number of nitrogens with zero attached hydrogens (tertiary/aromatic N) is 1. The van der Waals surface area contributed by atoms with Crippen LogP contribution >= 0.6 is 0 Å². The molecule has 3 rings (SSSR count). The first-order valence-electron chi connectivity index (χ1n) is 11.7. The number of alkyl carbamates (subject to hydrolysis) is 1. The maximum atomic E-state index is 13.4. The van der Waals surface area contributed by atoms with Crippen molar-refractivity contribution in [1.29, 1.82) is 0 Å². The zero-order valence-electron chi connectivity index (χ0n) is 20.0. The third-order valence-electron chi connectivity index (χ3n) is 5.64. The van der Waals surface area contributed by atoms with Crippen molar-refractivity contribution in [2.24, 2.45) is 5.92 Å². The van der Waals surface area contributed by atoms with Crippen LogP contribution in [0.25, 0.3) is 0 Å². The number of benzene rings is 2. The lowest BCUT2D eigenvalue weighted by Gasteiger charge is -2.30. The fourth-order valence-corrected chi connectivity index (χ4v) is 5.49. The first kappa shape index (κ1) is 27.1. The Kier molecular flexibility index (Phi) is 9.62. The van der Waals surface area contributed by atoms with E-state index in [0.717, 1.165) is 17.7 Å². The highest BCUT2D eigenvalue weighted by Crippen LogP contribution is 2.20. The molecule has 0 spiro atoms. The monoisotopic (exact) mass is 508 g/mol. The summed E-state index contributed by atoms with van der Waals surface area (Å²) in [6, 6.07) is 13.0. The van der Waals surface area contributed by atoms with Gasteiger partial charge in [0.2, 0.25) is 10.0 Å². The van der Waals surface area contributed by atoms with Gasteiger partial charge < -0.3 is 19.9 Å². The molecule has 35 heavy (non-hydrogen) atoms. The minimum atomic E-state index is -4.02. The van der Waals surface area contributed by atoms with Crippen LogP contribution in [0.2, 0.25) is 0 Å². The number of nitrogens with one attached hydrogen (secondary N) is 1. The molecule has 2 N–H and O–H groups in total. The molecule has 0 aromatic heterocycles. The van der Waals surface area contributed by atoms with Crippen LogP contribution in [0, 0.1) is 11.7 Å². The van der Waals surface area contributed by atoms with Crippen molar-refractivity contribution < 1.29 is 32.2 Å². The first-order valence-corrected chi connectivity index (χ1v) is 13.1. The van der Waals surface area contributed by atoms with E-state index in [1.165, 1.54) is 16.4 Å². The Hall–Kier alpha value is -2.53. The second-order valence-corrected chi connectivity index (χ2v) is 11.0. The van der Waals surface area contributed by atoms with Crippen LogP contribution in [-0.2, 0) is 25.9 Å². The van der Waals surface area contributed by atoms with E-state index in [1.807, 2.05) is 44.2 Å². The Morgan fingerprint density at radius 1 is 1.17 bits per heavy atom. The fraction of sp³-hybridized carbons (Fsp3) is 0.480. The number of halogens is 1. The van der Waals surface area contributed by atoms with E-state index in [0.29, 0.717) is 19.6 Å². The second kappa shape index (κ2) is 12.4. The van der Waals surface area contributed by atoms with Gasteiger partial charge in [-0.05, 0) is 42.2 Å². The van der Waals surface area contributed by atoms with E-state index >= 15 is 0 Å². The van der Waals surface area contributed by atoms with Gasteiger partial charge in [0.05, 0.1) is 30.3 Å². The fourth-order valence-electron chi connectivity index (χ4n) is 3.86. The normalized spacial score (nSPS) is 17.9. The van der Waals surface area contributed by atoms with Crippen LogP contribution in [0.5, 0.6) is 0 Å². The summed E-state index contributed by atoms with van der Waals surface area (Å²) in [5, 5.41) is 13.9. The van der Waals surface area contributed by atoms with Gasteiger partial charge in [-0.25, -0.2) is 17.6 Å². The van der Waals surface area contributed by atoms with Gasteiger partial charge in [-0.3, -0.25) is 0 Å². The van der Waals surface area contributed by atoms with Crippen molar-refractivity contribution >= 4 is 16.1 Å². The highest BCUT2D eigenvalue weighted by Gasteiger charge is 2.32. The predicted octanol–water partition coefficient (Wildman–Crippen LogP) is 2.96. The first-order chi connectivity index (χ1) is 16.6. The summed E-state index contributed by atoms with van der Waals surface area (Å²) >= 11 is 0. The van der Waals surface area contributed by atoms with Gasteiger partial charge in [-0.15, -0.1) is 0 Å². The highest BCUT2D eigenvalue weighted by molar-refractivity contribution is 7.89. The number of rotatable bonds is 11. The number of carbonyl (C=O) groups excluding carboxylic acids is 1. The van der Waals surface area contributed by atoms with E-state index in [-0.39, 0.29) is 36.4 Å². The van der Waals surface area contributed by atoms with E-state index in [2.05, 4.69) is 5.32 Å². The Morgan fingerprint density at radius 2 is 1.86 bits per heavy atom. The molecule has 2 aromatic rings. The molecule has 8 nitrogen and oxygen atoms in total. The average Bonchev–Trinajstić information content (AvgIpc) is 3.31. The molecule has 1 fully saturated rings. The molecule has 1 aliphatic heterocycles. The zero-order chi connectivity index (χ0) is 25.4. The Bertz CT molecular complexity index is 1040. The van der Waals surface area contributed by atoms with Crippen molar-refractivity contribution in [1.82, 2.24) is 9.62 Å². The summed E-state index contributed by atoms with van der Waals surface area (Å²) in [7, 11) is -4.02. The summed E-state index contributed by atoms with van der Waals surface area (Å²) in [6.07, 6.45) is -1.43. The van der Waals surface area contributed by atoms with Gasteiger partial charge in [0, 0.05) is 19.5 Å². The number of carbonyl (C=O) groups is 1. The molecule has 1 unspecified atom stereocenters. The molecule has 1 amide bonds. The van der Waals surface area contributed by atoms with E-state index in [1.54, 1.807) is 0 Å². The molecule has 3 atom stereocenters. The molecular weight excluding hydrogens is 475 g/mol. The number of ether oxygens (including phenoxy) is 2. The maximum absolute atomic E-state index is 13.4. The third-order valence-corrected chi connectivity index (χ3v) is 7.48. The lowest BCUT2D eigenvalue weighted by molar-refractivity contribution is 0.0644. The van der Waals surface area contributed by atoms with E-state index < -0.39 is 34.1 Å². The van der Waals surface area contributed by atoms with Crippen molar-refractivity contribution in [3.8, 4) is 0 Å². The molecule has 0 aliphatic carbocycles. The molecule has 1 heterocycles. The van der Waals surface area contributed by atoms with Crippen LogP contribution < -0.4 is 5.32 Å². The molecule has 0 bridgehead atoms. The average molecular weight is 509 g/mol. The van der Waals surface area contributed by atoms with Crippen LogP contribution in [0.3, 0.4) is 0 Å². The van der Waals surface area contributed by atoms with Crippen LogP contribution in [0.1, 0.15) is 25.8 Å². The number of hydrogen-bond acceptors (Lipinski definition) is 6. The van der Waals surface area contributed by atoms with Gasteiger partial charge >= 0.3 is 6.09 Å². The van der Waals surface area contributed by atoms with E-state index in [9.17, 15) is 22.7 Å². The maximum Gasteiger partial charge on any atom is 0.407 e. The molecule has 0 radical (unpaired) electrons. The Balaban J connectivity index is 1.80. The van der Waals surface area contributed by atoms with Gasteiger partial charge in [0.15, 0.2) is 0 Å². The summed E-state index contributed by atoms with van der Waals surface area (Å²) in [4.78, 5) is 12.5. The molecule has 0 saturated carbocycles. The number of aliphatic hydroxyl groups excluding tert-OH is 1. The minimum Gasteiger partial charge on any atom is -0.444 e. The highest BCUT2D eigenvalue weighted by atomic mass is 32.2. The number of hydrogen-bond donors (Lipinski definition) is 2. The lowest BCUT2D eigenvalue weighted by Crippen LogP contribution is -2.51. The minimum absolute atomic E-state index is 0.0368.